The molecule has 2 saturated heterocycles. The van der Waals surface area contributed by atoms with Crippen LogP contribution in [0.25, 0.3) is 0 Å². The van der Waals surface area contributed by atoms with Crippen molar-refractivity contribution in [3.63, 3.8) is 0 Å². The van der Waals surface area contributed by atoms with Crippen LogP contribution in [0.5, 0.6) is 0 Å². The van der Waals surface area contributed by atoms with Gasteiger partial charge in [0.15, 0.2) is 5.82 Å². The number of hydrogen-bond acceptors (Lipinski definition) is 5. The largest absolute Gasteiger partial charge is 0.371 e. The average Bonchev–Trinajstić information content (AvgIpc) is 3.00. The van der Waals surface area contributed by atoms with Crippen LogP contribution in [0.3, 0.4) is 0 Å². The van der Waals surface area contributed by atoms with Crippen LogP contribution < -0.4 is 5.32 Å². The maximum atomic E-state index is 12.9. The average molecular weight is 342 g/mol. The first kappa shape index (κ1) is 16.4. The predicted molar refractivity (Wildman–Crippen MR) is 93.7 cm³/mol. The fourth-order valence-corrected chi connectivity index (χ4v) is 3.96. The minimum absolute atomic E-state index is 0.0925. The molecule has 1 aromatic heterocycles. The number of halogens is 1. The molecule has 132 valence electrons. The minimum Gasteiger partial charge on any atom is -0.371 e. The van der Waals surface area contributed by atoms with E-state index in [2.05, 4.69) is 50.5 Å². The number of hydrogen-bond donors (Lipinski definition) is 1. The van der Waals surface area contributed by atoms with Gasteiger partial charge >= 0.3 is 0 Å². The smallest absolute Gasteiger partial charge is 0.223 e. The maximum absolute atomic E-state index is 12.9. The van der Waals surface area contributed by atoms with Crippen molar-refractivity contribution < 1.29 is 9.13 Å². The van der Waals surface area contributed by atoms with Crippen LogP contribution >= 0.6 is 0 Å². The lowest BCUT2D eigenvalue weighted by molar-refractivity contribution is -0.0533. The molecule has 0 aliphatic carbocycles. The molecule has 0 amide bonds. The Bertz CT molecular complexity index is 696. The Kier molecular flexibility index (Phi) is 4.63. The highest BCUT2D eigenvalue weighted by atomic mass is 19.1. The van der Waals surface area contributed by atoms with Gasteiger partial charge < -0.3 is 10.1 Å². The molecule has 5 nitrogen and oxygen atoms in total. The van der Waals surface area contributed by atoms with Gasteiger partial charge in [-0.3, -0.25) is 4.90 Å². The van der Waals surface area contributed by atoms with E-state index in [1.807, 2.05) is 0 Å². The number of benzene rings is 1. The Labute approximate surface area is 147 Å². The van der Waals surface area contributed by atoms with Gasteiger partial charge in [0, 0.05) is 19.5 Å². The van der Waals surface area contributed by atoms with E-state index in [0.717, 1.165) is 38.9 Å². The number of aromatic nitrogens is 2. The number of nitrogens with zero attached hydrogens (tertiary/aromatic N) is 3. The summed E-state index contributed by atoms with van der Waals surface area (Å²) < 4.78 is 19.1. The zero-order valence-corrected chi connectivity index (χ0v) is 14.2. The summed E-state index contributed by atoms with van der Waals surface area (Å²) in [6.45, 7) is 3.66. The van der Waals surface area contributed by atoms with Crippen LogP contribution in [0.2, 0.25) is 0 Å². The number of nitrogens with one attached hydrogen (secondary N) is 1. The molecule has 1 aromatic carbocycles. The summed E-state index contributed by atoms with van der Waals surface area (Å²) in [6, 6.07) is 10.7. The van der Waals surface area contributed by atoms with Crippen molar-refractivity contribution in [1.82, 2.24) is 14.9 Å². The van der Waals surface area contributed by atoms with Crippen molar-refractivity contribution in [1.29, 1.82) is 0 Å². The molecule has 0 saturated carbocycles. The van der Waals surface area contributed by atoms with Gasteiger partial charge in [0.05, 0.1) is 30.6 Å². The standard InChI is InChI=1S/C19H23FN4O/c20-16-10-21-18(22-11-16)23-17-9-19(25-13-17)7-4-8-24(14-19)12-15-5-2-1-3-6-15/h1-3,5-6,10-11,17H,4,7-9,12-14H2,(H,21,22,23)/t17-,19+/m0/s1. The summed E-state index contributed by atoms with van der Waals surface area (Å²) in [5, 5.41) is 3.27. The third kappa shape index (κ3) is 3.96. The molecule has 6 heteroatoms. The minimum atomic E-state index is -0.423. The molecule has 2 fully saturated rings. The zero-order chi connectivity index (χ0) is 17.1. The van der Waals surface area contributed by atoms with Gasteiger partial charge in [-0.15, -0.1) is 0 Å². The van der Waals surface area contributed by atoms with E-state index in [4.69, 9.17) is 4.74 Å². The maximum Gasteiger partial charge on any atom is 0.223 e. The monoisotopic (exact) mass is 342 g/mol. The van der Waals surface area contributed by atoms with Gasteiger partial charge in [-0.05, 0) is 24.9 Å². The van der Waals surface area contributed by atoms with Gasteiger partial charge in [-0.2, -0.15) is 0 Å². The molecule has 4 rings (SSSR count). The highest BCUT2D eigenvalue weighted by molar-refractivity contribution is 5.26. The Morgan fingerprint density at radius 3 is 2.84 bits per heavy atom. The lowest BCUT2D eigenvalue weighted by Gasteiger charge is -2.39. The third-order valence-electron chi connectivity index (χ3n) is 5.03. The summed E-state index contributed by atoms with van der Waals surface area (Å²) in [7, 11) is 0. The normalized spacial score (nSPS) is 26.8. The number of ether oxygens (including phenoxy) is 1. The number of anilines is 1. The summed E-state index contributed by atoms with van der Waals surface area (Å²) in [5.74, 6) is 0.0394. The summed E-state index contributed by atoms with van der Waals surface area (Å²) in [4.78, 5) is 10.4. The Morgan fingerprint density at radius 2 is 2.04 bits per heavy atom. The third-order valence-corrected chi connectivity index (χ3v) is 5.03. The van der Waals surface area contributed by atoms with Crippen LogP contribution in [-0.2, 0) is 11.3 Å². The van der Waals surface area contributed by atoms with Crippen LogP contribution in [-0.4, -0.2) is 46.2 Å². The Hall–Kier alpha value is -2.05. The first-order valence-corrected chi connectivity index (χ1v) is 8.85. The molecule has 1 N–H and O–H groups in total. The van der Waals surface area contributed by atoms with Crippen molar-refractivity contribution in [3.05, 3.63) is 54.1 Å². The van der Waals surface area contributed by atoms with E-state index in [1.165, 1.54) is 18.0 Å². The van der Waals surface area contributed by atoms with Crippen molar-refractivity contribution in [3.8, 4) is 0 Å². The number of rotatable bonds is 4. The van der Waals surface area contributed by atoms with E-state index in [9.17, 15) is 4.39 Å². The molecule has 0 radical (unpaired) electrons. The molecule has 2 aliphatic heterocycles. The quantitative estimate of drug-likeness (QED) is 0.926. The summed E-state index contributed by atoms with van der Waals surface area (Å²) >= 11 is 0. The number of piperidine rings is 1. The van der Waals surface area contributed by atoms with Crippen molar-refractivity contribution in [2.24, 2.45) is 0 Å². The van der Waals surface area contributed by atoms with Gasteiger partial charge in [-0.25, -0.2) is 14.4 Å². The highest BCUT2D eigenvalue weighted by Crippen LogP contribution is 2.35. The Balaban J connectivity index is 1.36. The topological polar surface area (TPSA) is 50.3 Å². The van der Waals surface area contributed by atoms with Crippen LogP contribution in [0.15, 0.2) is 42.7 Å². The van der Waals surface area contributed by atoms with Gasteiger partial charge in [-0.1, -0.05) is 30.3 Å². The van der Waals surface area contributed by atoms with E-state index < -0.39 is 5.82 Å². The fraction of sp³-hybridized carbons (Fsp3) is 0.474. The van der Waals surface area contributed by atoms with E-state index in [-0.39, 0.29) is 11.6 Å². The SMILES string of the molecule is Fc1cnc(N[C@@H]2CO[C@]3(CCCN(Cc4ccccc4)C3)C2)nc1. The molecule has 1 spiro atoms. The first-order valence-electron chi connectivity index (χ1n) is 8.85. The van der Waals surface area contributed by atoms with Gasteiger partial charge in [0.1, 0.15) is 0 Å². The molecule has 25 heavy (non-hydrogen) atoms. The lowest BCUT2D eigenvalue weighted by atomic mass is 9.88. The zero-order valence-electron chi connectivity index (χ0n) is 14.2. The van der Waals surface area contributed by atoms with Crippen molar-refractivity contribution >= 4 is 5.95 Å². The van der Waals surface area contributed by atoms with Crippen molar-refractivity contribution in [2.75, 3.05) is 25.0 Å². The summed E-state index contributed by atoms with van der Waals surface area (Å²) in [5.41, 5.74) is 1.25. The lowest BCUT2D eigenvalue weighted by Crippen LogP contribution is -2.47. The molecule has 3 heterocycles. The second-order valence-electron chi connectivity index (χ2n) is 7.06. The van der Waals surface area contributed by atoms with Crippen LogP contribution in [0.4, 0.5) is 10.3 Å². The second-order valence-corrected chi connectivity index (χ2v) is 7.06. The second kappa shape index (κ2) is 7.06. The van der Waals surface area contributed by atoms with Gasteiger partial charge in [0.2, 0.25) is 5.95 Å². The molecule has 0 bridgehead atoms. The first-order chi connectivity index (χ1) is 12.2. The predicted octanol–water partition coefficient (Wildman–Crippen LogP) is 2.85. The van der Waals surface area contributed by atoms with Crippen LogP contribution in [0, 0.1) is 5.82 Å². The van der Waals surface area contributed by atoms with Crippen molar-refractivity contribution in [2.45, 2.75) is 37.5 Å². The van der Waals surface area contributed by atoms with E-state index >= 15 is 0 Å². The Morgan fingerprint density at radius 1 is 1.24 bits per heavy atom. The van der Waals surface area contributed by atoms with Gasteiger partial charge in [0.25, 0.3) is 0 Å². The van der Waals surface area contributed by atoms with Crippen LogP contribution in [0.1, 0.15) is 24.8 Å². The highest BCUT2D eigenvalue weighted by Gasteiger charge is 2.43. The molecule has 2 aromatic rings. The fourth-order valence-electron chi connectivity index (χ4n) is 3.96. The molecule has 2 aliphatic rings. The molecule has 0 unspecified atom stereocenters. The summed E-state index contributed by atoms with van der Waals surface area (Å²) in [6.07, 6.45) is 5.53. The van der Waals surface area contributed by atoms with E-state index in [1.54, 1.807) is 0 Å². The number of likely N-dealkylation sites (tertiary alicyclic amines) is 1. The molecule has 2 atom stereocenters. The molecular formula is C19H23FN4O. The van der Waals surface area contributed by atoms with E-state index in [0.29, 0.717) is 12.6 Å². The molecular weight excluding hydrogens is 319 g/mol.